The Labute approximate surface area is 177 Å². The van der Waals surface area contributed by atoms with Gasteiger partial charge in [0.25, 0.3) is 5.91 Å². The second-order valence-electron chi connectivity index (χ2n) is 6.70. The number of halogens is 3. The van der Waals surface area contributed by atoms with Crippen LogP contribution < -0.4 is 4.74 Å². The number of rotatable bonds is 5. The van der Waals surface area contributed by atoms with Crippen LogP contribution in [0.4, 0.5) is 13.2 Å². The van der Waals surface area contributed by atoms with E-state index in [1.54, 1.807) is 24.3 Å². The number of nitriles is 1. The van der Waals surface area contributed by atoms with Gasteiger partial charge in [0.1, 0.15) is 11.8 Å². The number of ether oxygens (including phenoxy) is 1. The van der Waals surface area contributed by atoms with Crippen LogP contribution in [0, 0.1) is 11.3 Å². The number of alkyl halides is 3. The summed E-state index contributed by atoms with van der Waals surface area (Å²) in [4.78, 5) is 13.6. The summed E-state index contributed by atoms with van der Waals surface area (Å²) in [6.45, 7) is -0.0674. The number of carbonyl (C=O) groups is 1. The van der Waals surface area contributed by atoms with Crippen molar-refractivity contribution in [2.75, 3.05) is 32.8 Å². The highest BCUT2D eigenvalue weighted by Crippen LogP contribution is 2.30. The summed E-state index contributed by atoms with van der Waals surface area (Å²) in [6, 6.07) is 11.7. The van der Waals surface area contributed by atoms with Crippen LogP contribution in [0.3, 0.4) is 0 Å². The second-order valence-corrected chi connectivity index (χ2v) is 8.64. The van der Waals surface area contributed by atoms with Gasteiger partial charge >= 0.3 is 6.18 Å². The van der Waals surface area contributed by atoms with E-state index in [-0.39, 0.29) is 49.3 Å². The zero-order chi connectivity index (χ0) is 22.6. The number of piperazine rings is 1. The first-order chi connectivity index (χ1) is 14.6. The first kappa shape index (κ1) is 22.6. The number of amides is 1. The lowest BCUT2D eigenvalue weighted by atomic mass is 10.2. The molecule has 0 aromatic heterocycles. The predicted octanol–water partition coefficient (Wildman–Crippen LogP) is 2.49. The molecule has 0 saturated carbocycles. The molecule has 0 atom stereocenters. The minimum absolute atomic E-state index is 0.00385. The summed E-state index contributed by atoms with van der Waals surface area (Å²) in [5.74, 6) is -0.0822. The van der Waals surface area contributed by atoms with Gasteiger partial charge in [-0.1, -0.05) is 12.1 Å². The molecule has 3 rings (SSSR count). The molecule has 1 heterocycles. The van der Waals surface area contributed by atoms with Gasteiger partial charge in [-0.3, -0.25) is 4.79 Å². The van der Waals surface area contributed by atoms with Gasteiger partial charge in [0.2, 0.25) is 10.0 Å². The number of carbonyl (C=O) groups excluding carboxylic acids is 1. The summed E-state index contributed by atoms with van der Waals surface area (Å²) in [7, 11) is -3.98. The average Bonchev–Trinajstić information content (AvgIpc) is 2.77. The normalized spacial score (nSPS) is 15.4. The SMILES string of the molecule is N#Cc1ccccc1OCC(=O)N1CCN(S(=O)(=O)c2ccc(C(F)(F)F)cc2)CC1. The minimum Gasteiger partial charge on any atom is -0.482 e. The van der Waals surface area contributed by atoms with Crippen molar-refractivity contribution in [3.05, 3.63) is 59.7 Å². The number of nitrogens with zero attached hydrogens (tertiary/aromatic N) is 3. The van der Waals surface area contributed by atoms with E-state index in [4.69, 9.17) is 10.00 Å². The van der Waals surface area contributed by atoms with Crippen molar-refractivity contribution in [1.82, 2.24) is 9.21 Å². The highest BCUT2D eigenvalue weighted by molar-refractivity contribution is 7.89. The van der Waals surface area contributed by atoms with E-state index >= 15 is 0 Å². The molecule has 1 aliphatic heterocycles. The summed E-state index contributed by atoms with van der Waals surface area (Å²) in [5.41, 5.74) is -0.636. The third-order valence-electron chi connectivity index (χ3n) is 4.77. The van der Waals surface area contributed by atoms with Crippen molar-refractivity contribution in [2.45, 2.75) is 11.1 Å². The maximum Gasteiger partial charge on any atom is 0.416 e. The lowest BCUT2D eigenvalue weighted by Crippen LogP contribution is -2.51. The van der Waals surface area contributed by atoms with Gasteiger partial charge < -0.3 is 9.64 Å². The second kappa shape index (κ2) is 8.95. The van der Waals surface area contributed by atoms with E-state index in [0.29, 0.717) is 5.56 Å². The zero-order valence-corrected chi connectivity index (χ0v) is 17.0. The maximum atomic E-state index is 12.7. The molecule has 7 nitrogen and oxygen atoms in total. The largest absolute Gasteiger partial charge is 0.482 e. The number of hydrogen-bond donors (Lipinski definition) is 0. The van der Waals surface area contributed by atoms with Crippen LogP contribution in [-0.4, -0.2) is 56.3 Å². The molecule has 0 unspecified atom stereocenters. The minimum atomic E-state index is -4.55. The van der Waals surface area contributed by atoms with Gasteiger partial charge in [0.05, 0.1) is 16.0 Å². The van der Waals surface area contributed by atoms with Crippen molar-refractivity contribution in [2.24, 2.45) is 0 Å². The Bertz CT molecular complexity index is 1090. The molecular weight excluding hydrogens is 435 g/mol. The molecule has 1 saturated heterocycles. The van der Waals surface area contributed by atoms with E-state index < -0.39 is 21.8 Å². The van der Waals surface area contributed by atoms with Crippen LogP contribution in [-0.2, 0) is 21.0 Å². The topological polar surface area (TPSA) is 90.7 Å². The molecule has 1 amide bonds. The van der Waals surface area contributed by atoms with Crippen LogP contribution in [0.1, 0.15) is 11.1 Å². The van der Waals surface area contributed by atoms with E-state index in [1.807, 2.05) is 6.07 Å². The Morgan fingerprint density at radius 3 is 2.23 bits per heavy atom. The first-order valence-corrected chi connectivity index (χ1v) is 10.6. The fourth-order valence-corrected chi connectivity index (χ4v) is 4.48. The highest BCUT2D eigenvalue weighted by atomic mass is 32.2. The van der Waals surface area contributed by atoms with E-state index in [2.05, 4.69) is 0 Å². The fourth-order valence-electron chi connectivity index (χ4n) is 3.06. The number of benzene rings is 2. The third kappa shape index (κ3) is 5.15. The smallest absolute Gasteiger partial charge is 0.416 e. The van der Waals surface area contributed by atoms with E-state index in [9.17, 15) is 26.4 Å². The lowest BCUT2D eigenvalue weighted by Gasteiger charge is -2.34. The predicted molar refractivity (Wildman–Crippen MR) is 103 cm³/mol. The molecule has 2 aromatic carbocycles. The Morgan fingerprint density at radius 2 is 1.65 bits per heavy atom. The number of sulfonamides is 1. The van der Waals surface area contributed by atoms with Gasteiger partial charge in [-0.2, -0.15) is 22.7 Å². The Hall–Kier alpha value is -3.10. The van der Waals surface area contributed by atoms with Crippen LogP contribution in [0.2, 0.25) is 0 Å². The summed E-state index contributed by atoms with van der Waals surface area (Å²) in [5, 5.41) is 9.04. The van der Waals surface area contributed by atoms with Crippen LogP contribution >= 0.6 is 0 Å². The molecule has 0 radical (unpaired) electrons. The van der Waals surface area contributed by atoms with Gasteiger partial charge in [-0.05, 0) is 36.4 Å². The number of para-hydroxylation sites is 1. The van der Waals surface area contributed by atoms with Gasteiger partial charge in [-0.25, -0.2) is 8.42 Å². The van der Waals surface area contributed by atoms with Crippen molar-refractivity contribution in [3.8, 4) is 11.8 Å². The molecule has 2 aromatic rings. The molecule has 164 valence electrons. The first-order valence-electron chi connectivity index (χ1n) is 9.20. The average molecular weight is 453 g/mol. The van der Waals surface area contributed by atoms with Crippen LogP contribution in [0.25, 0.3) is 0 Å². The molecule has 0 aliphatic carbocycles. The van der Waals surface area contributed by atoms with Gasteiger partial charge in [0, 0.05) is 26.2 Å². The quantitative estimate of drug-likeness (QED) is 0.694. The van der Waals surface area contributed by atoms with Crippen LogP contribution in [0.5, 0.6) is 5.75 Å². The maximum absolute atomic E-state index is 12.7. The highest BCUT2D eigenvalue weighted by Gasteiger charge is 2.33. The third-order valence-corrected chi connectivity index (χ3v) is 6.68. The zero-order valence-electron chi connectivity index (χ0n) is 16.2. The standard InChI is InChI=1S/C20H18F3N3O4S/c21-20(22,23)16-5-7-17(8-6-16)31(28,29)26-11-9-25(10-12-26)19(27)14-30-18-4-2-1-3-15(18)13-24/h1-8H,9-12,14H2. The van der Waals surface area contributed by atoms with Crippen LogP contribution in [0.15, 0.2) is 53.4 Å². The van der Waals surface area contributed by atoms with Gasteiger partial charge in [-0.15, -0.1) is 0 Å². The van der Waals surface area contributed by atoms with Crippen molar-refractivity contribution in [3.63, 3.8) is 0 Å². The Morgan fingerprint density at radius 1 is 1.03 bits per heavy atom. The summed E-state index contributed by atoms with van der Waals surface area (Å²) < 4.78 is 70.0. The van der Waals surface area contributed by atoms with Crippen molar-refractivity contribution < 1.29 is 31.1 Å². The summed E-state index contributed by atoms with van der Waals surface area (Å²) >= 11 is 0. The molecule has 31 heavy (non-hydrogen) atoms. The van der Waals surface area contributed by atoms with E-state index in [1.165, 1.54) is 4.90 Å². The Balaban J connectivity index is 1.58. The van der Waals surface area contributed by atoms with Crippen molar-refractivity contribution >= 4 is 15.9 Å². The monoisotopic (exact) mass is 453 g/mol. The molecule has 1 aliphatic rings. The molecular formula is C20H18F3N3O4S. The Kier molecular flexibility index (Phi) is 6.52. The molecule has 0 bridgehead atoms. The van der Waals surface area contributed by atoms with E-state index in [0.717, 1.165) is 28.6 Å². The molecule has 0 spiro atoms. The van der Waals surface area contributed by atoms with Crippen molar-refractivity contribution in [1.29, 1.82) is 5.26 Å². The van der Waals surface area contributed by atoms with Gasteiger partial charge in [0.15, 0.2) is 6.61 Å². The molecule has 1 fully saturated rings. The number of hydrogen-bond acceptors (Lipinski definition) is 5. The molecule has 11 heteroatoms. The summed E-state index contributed by atoms with van der Waals surface area (Å²) in [6.07, 6.45) is -4.55. The fraction of sp³-hybridized carbons (Fsp3) is 0.300. The lowest BCUT2D eigenvalue weighted by molar-refractivity contribution is -0.137. The molecule has 0 N–H and O–H groups in total.